The van der Waals surface area contributed by atoms with Crippen LogP contribution in [0.4, 0.5) is 5.69 Å². The van der Waals surface area contributed by atoms with Gasteiger partial charge in [-0.05, 0) is 92.3 Å². The molecule has 0 bridgehead atoms. The maximum atomic E-state index is 12.5. The summed E-state index contributed by atoms with van der Waals surface area (Å²) in [7, 11) is 0. The number of hydrogen-bond donors (Lipinski definition) is 1. The van der Waals surface area contributed by atoms with Crippen molar-refractivity contribution in [2.75, 3.05) is 18.5 Å². The third-order valence-electron chi connectivity index (χ3n) is 5.21. The number of carbonyl (C=O) groups excluding carboxylic acids is 1. The Labute approximate surface area is 191 Å². The van der Waals surface area contributed by atoms with Gasteiger partial charge in [0.15, 0.2) is 0 Å². The smallest absolute Gasteiger partial charge is 0.255 e. The van der Waals surface area contributed by atoms with Crippen LogP contribution >= 0.6 is 0 Å². The van der Waals surface area contributed by atoms with E-state index in [4.69, 9.17) is 9.47 Å². The first-order chi connectivity index (χ1) is 15.6. The first-order valence-electron chi connectivity index (χ1n) is 11.5. The standard InChI is InChI=1S/C28H33NO3/c1-3-4-9-23-11-15-25(16-12-23)29-28(30)24-13-17-26(18-14-24)31-19-5-6-20-32-27-10-7-8-22(2)21-27/h7-8,10-18,21H,3-6,9,19-20H2,1-2H3,(H,29,30). The molecule has 0 aromatic heterocycles. The second kappa shape index (κ2) is 12.6. The molecule has 1 amide bonds. The lowest BCUT2D eigenvalue weighted by molar-refractivity contribution is 0.102. The van der Waals surface area contributed by atoms with E-state index in [1.54, 1.807) is 12.1 Å². The third-order valence-corrected chi connectivity index (χ3v) is 5.21. The minimum atomic E-state index is -0.119. The predicted molar refractivity (Wildman–Crippen MR) is 131 cm³/mol. The average molecular weight is 432 g/mol. The molecular weight excluding hydrogens is 398 g/mol. The van der Waals surface area contributed by atoms with Gasteiger partial charge >= 0.3 is 0 Å². The molecule has 0 spiro atoms. The highest BCUT2D eigenvalue weighted by Crippen LogP contribution is 2.17. The second-order valence-electron chi connectivity index (χ2n) is 8.00. The molecule has 0 aliphatic carbocycles. The first kappa shape index (κ1) is 23.4. The Morgan fingerprint density at radius 2 is 1.50 bits per heavy atom. The summed E-state index contributed by atoms with van der Waals surface area (Å²) in [6.07, 6.45) is 5.27. The van der Waals surface area contributed by atoms with Crippen LogP contribution in [0.3, 0.4) is 0 Å². The highest BCUT2D eigenvalue weighted by atomic mass is 16.5. The molecule has 3 rings (SSSR count). The molecule has 0 aliphatic heterocycles. The molecule has 32 heavy (non-hydrogen) atoms. The maximum Gasteiger partial charge on any atom is 0.255 e. The number of unbranched alkanes of at least 4 members (excludes halogenated alkanes) is 2. The largest absolute Gasteiger partial charge is 0.494 e. The van der Waals surface area contributed by atoms with Crippen LogP contribution in [0, 0.1) is 6.92 Å². The lowest BCUT2D eigenvalue weighted by atomic mass is 10.1. The van der Waals surface area contributed by atoms with Crippen molar-refractivity contribution in [2.45, 2.75) is 46.0 Å². The molecule has 3 aromatic carbocycles. The number of carbonyl (C=O) groups is 1. The fourth-order valence-electron chi connectivity index (χ4n) is 3.33. The Morgan fingerprint density at radius 1 is 0.812 bits per heavy atom. The molecule has 0 atom stereocenters. The number of nitrogens with one attached hydrogen (secondary N) is 1. The maximum absolute atomic E-state index is 12.5. The van der Waals surface area contributed by atoms with Crippen LogP contribution in [-0.4, -0.2) is 19.1 Å². The molecule has 0 fully saturated rings. The monoisotopic (exact) mass is 431 g/mol. The molecule has 3 aromatic rings. The van der Waals surface area contributed by atoms with Gasteiger partial charge in [-0.15, -0.1) is 0 Å². The van der Waals surface area contributed by atoms with Gasteiger partial charge < -0.3 is 14.8 Å². The second-order valence-corrected chi connectivity index (χ2v) is 8.00. The van der Waals surface area contributed by atoms with Crippen molar-refractivity contribution < 1.29 is 14.3 Å². The van der Waals surface area contributed by atoms with E-state index in [1.165, 1.54) is 24.0 Å². The molecule has 0 heterocycles. The van der Waals surface area contributed by atoms with Crippen LogP contribution in [0.1, 0.15) is 54.1 Å². The molecule has 4 nitrogen and oxygen atoms in total. The molecular formula is C28H33NO3. The highest BCUT2D eigenvalue weighted by molar-refractivity contribution is 6.04. The van der Waals surface area contributed by atoms with Gasteiger partial charge in [-0.1, -0.05) is 37.6 Å². The minimum absolute atomic E-state index is 0.119. The average Bonchev–Trinajstić information content (AvgIpc) is 2.81. The molecule has 0 unspecified atom stereocenters. The van der Waals surface area contributed by atoms with Gasteiger partial charge in [0.2, 0.25) is 0 Å². The number of rotatable bonds is 12. The molecule has 1 N–H and O–H groups in total. The van der Waals surface area contributed by atoms with Gasteiger partial charge in [-0.2, -0.15) is 0 Å². The predicted octanol–water partition coefficient (Wildman–Crippen LogP) is 6.83. The van der Waals surface area contributed by atoms with Gasteiger partial charge in [0.1, 0.15) is 11.5 Å². The van der Waals surface area contributed by atoms with E-state index < -0.39 is 0 Å². The van der Waals surface area contributed by atoms with Crippen molar-refractivity contribution in [1.82, 2.24) is 0 Å². The summed E-state index contributed by atoms with van der Waals surface area (Å²) in [6, 6.07) is 23.4. The Bertz CT molecular complexity index is 965. The van der Waals surface area contributed by atoms with Crippen LogP contribution < -0.4 is 14.8 Å². The number of ether oxygens (including phenoxy) is 2. The highest BCUT2D eigenvalue weighted by Gasteiger charge is 2.07. The lowest BCUT2D eigenvalue weighted by Crippen LogP contribution is -2.11. The van der Waals surface area contributed by atoms with E-state index >= 15 is 0 Å². The summed E-state index contributed by atoms with van der Waals surface area (Å²) in [4.78, 5) is 12.5. The number of amides is 1. The topological polar surface area (TPSA) is 47.6 Å². The Kier molecular flexibility index (Phi) is 9.18. The van der Waals surface area contributed by atoms with Crippen LogP contribution in [-0.2, 0) is 6.42 Å². The van der Waals surface area contributed by atoms with E-state index in [-0.39, 0.29) is 5.91 Å². The number of benzene rings is 3. The zero-order valence-corrected chi connectivity index (χ0v) is 19.1. The fourth-order valence-corrected chi connectivity index (χ4v) is 3.33. The van der Waals surface area contributed by atoms with Gasteiger partial charge in [-0.25, -0.2) is 0 Å². The van der Waals surface area contributed by atoms with Crippen molar-refractivity contribution in [2.24, 2.45) is 0 Å². The van der Waals surface area contributed by atoms with E-state index in [9.17, 15) is 4.79 Å². The normalized spacial score (nSPS) is 10.6. The summed E-state index contributed by atoms with van der Waals surface area (Å²) in [5, 5.41) is 2.95. The Balaban J connectivity index is 1.36. The van der Waals surface area contributed by atoms with Crippen LogP contribution in [0.5, 0.6) is 11.5 Å². The SMILES string of the molecule is CCCCc1ccc(NC(=O)c2ccc(OCCCCOc3cccc(C)c3)cc2)cc1. The molecule has 0 radical (unpaired) electrons. The lowest BCUT2D eigenvalue weighted by Gasteiger charge is -2.09. The van der Waals surface area contributed by atoms with Crippen molar-refractivity contribution in [3.8, 4) is 11.5 Å². The number of aryl methyl sites for hydroxylation is 2. The van der Waals surface area contributed by atoms with Crippen LogP contribution in [0.15, 0.2) is 72.8 Å². The molecule has 0 saturated carbocycles. The number of hydrogen-bond acceptors (Lipinski definition) is 3. The number of anilines is 1. The molecule has 0 aliphatic rings. The zero-order valence-electron chi connectivity index (χ0n) is 19.1. The van der Waals surface area contributed by atoms with Crippen molar-refractivity contribution in [3.05, 3.63) is 89.5 Å². The van der Waals surface area contributed by atoms with Gasteiger partial charge in [-0.3, -0.25) is 4.79 Å². The van der Waals surface area contributed by atoms with Crippen LogP contribution in [0.2, 0.25) is 0 Å². The van der Waals surface area contributed by atoms with E-state index in [0.29, 0.717) is 18.8 Å². The fraction of sp³-hybridized carbons (Fsp3) is 0.321. The van der Waals surface area contributed by atoms with E-state index in [0.717, 1.165) is 36.4 Å². The van der Waals surface area contributed by atoms with E-state index in [2.05, 4.69) is 37.4 Å². The minimum Gasteiger partial charge on any atom is -0.494 e. The summed E-state index contributed by atoms with van der Waals surface area (Å²) >= 11 is 0. The van der Waals surface area contributed by atoms with E-state index in [1.807, 2.05) is 42.5 Å². The van der Waals surface area contributed by atoms with Crippen molar-refractivity contribution in [3.63, 3.8) is 0 Å². The zero-order chi connectivity index (χ0) is 22.6. The van der Waals surface area contributed by atoms with Crippen molar-refractivity contribution in [1.29, 1.82) is 0 Å². The van der Waals surface area contributed by atoms with Gasteiger partial charge in [0.05, 0.1) is 13.2 Å². The molecule has 4 heteroatoms. The summed E-state index contributed by atoms with van der Waals surface area (Å²) in [5.74, 6) is 1.56. The molecule has 0 saturated heterocycles. The Morgan fingerprint density at radius 3 is 2.16 bits per heavy atom. The first-order valence-corrected chi connectivity index (χ1v) is 11.5. The van der Waals surface area contributed by atoms with Crippen molar-refractivity contribution >= 4 is 11.6 Å². The van der Waals surface area contributed by atoms with Gasteiger partial charge in [0.25, 0.3) is 5.91 Å². The summed E-state index contributed by atoms with van der Waals surface area (Å²) in [5.41, 5.74) is 3.92. The molecule has 168 valence electrons. The quantitative estimate of drug-likeness (QED) is 0.320. The van der Waals surface area contributed by atoms with Crippen LogP contribution in [0.25, 0.3) is 0 Å². The summed E-state index contributed by atoms with van der Waals surface area (Å²) < 4.78 is 11.5. The van der Waals surface area contributed by atoms with Gasteiger partial charge in [0, 0.05) is 11.3 Å². The third kappa shape index (κ3) is 7.77. The Hall–Kier alpha value is -3.27. The summed E-state index contributed by atoms with van der Waals surface area (Å²) in [6.45, 7) is 5.54.